The number of benzene rings is 1. The summed E-state index contributed by atoms with van der Waals surface area (Å²) in [5, 5.41) is 12.9. The van der Waals surface area contributed by atoms with Crippen LogP contribution in [-0.4, -0.2) is 18.2 Å². The first-order valence-electron chi connectivity index (χ1n) is 5.13. The number of likely N-dealkylation sites (N-methyl/N-ethyl adjacent to an activating group) is 1. The van der Waals surface area contributed by atoms with E-state index < -0.39 is 6.10 Å². The van der Waals surface area contributed by atoms with Gasteiger partial charge in [-0.25, -0.2) is 0 Å². The van der Waals surface area contributed by atoms with Crippen molar-refractivity contribution in [3.63, 3.8) is 0 Å². The number of aryl methyl sites for hydroxylation is 1. The van der Waals surface area contributed by atoms with Gasteiger partial charge in [0.05, 0.1) is 6.10 Å². The summed E-state index contributed by atoms with van der Waals surface area (Å²) in [6.07, 6.45) is 0.615. The van der Waals surface area contributed by atoms with Crippen LogP contribution in [0.25, 0.3) is 0 Å². The summed E-state index contributed by atoms with van der Waals surface area (Å²) in [5.74, 6) is 0. The Morgan fingerprint density at radius 3 is 2.29 bits per heavy atom. The van der Waals surface area contributed by atoms with Crippen molar-refractivity contribution >= 4 is 0 Å². The van der Waals surface area contributed by atoms with Crippen molar-refractivity contribution in [2.75, 3.05) is 7.05 Å². The molecule has 2 nitrogen and oxygen atoms in total. The minimum atomic E-state index is -0.425. The van der Waals surface area contributed by atoms with Crippen LogP contribution in [0.5, 0.6) is 0 Å². The predicted octanol–water partition coefficient (Wildman–Crippen LogP) is 1.89. The van der Waals surface area contributed by atoms with Crippen molar-refractivity contribution in [3.05, 3.63) is 35.4 Å². The molecule has 0 heterocycles. The van der Waals surface area contributed by atoms with Gasteiger partial charge in [0.2, 0.25) is 0 Å². The lowest BCUT2D eigenvalue weighted by Crippen LogP contribution is -2.28. The molecule has 0 radical (unpaired) electrons. The molecule has 78 valence electrons. The molecule has 2 atom stereocenters. The first kappa shape index (κ1) is 11.2. The largest absolute Gasteiger partial charge is 0.387 e. The second-order valence-electron chi connectivity index (χ2n) is 3.62. The van der Waals surface area contributed by atoms with Gasteiger partial charge in [0, 0.05) is 6.04 Å². The third-order valence-corrected chi connectivity index (χ3v) is 2.66. The first-order valence-corrected chi connectivity index (χ1v) is 5.13. The zero-order chi connectivity index (χ0) is 10.6. The van der Waals surface area contributed by atoms with E-state index in [9.17, 15) is 5.11 Å². The number of hydrogen-bond donors (Lipinski definition) is 2. The molecule has 1 aromatic carbocycles. The zero-order valence-corrected chi connectivity index (χ0v) is 9.12. The second kappa shape index (κ2) is 5.13. The summed E-state index contributed by atoms with van der Waals surface area (Å²) in [6.45, 7) is 4.10. The normalized spacial score (nSPS) is 15.1. The molecule has 0 aliphatic heterocycles. The molecule has 1 rings (SSSR count). The quantitative estimate of drug-likeness (QED) is 0.765. The van der Waals surface area contributed by atoms with Gasteiger partial charge in [-0.15, -0.1) is 0 Å². The van der Waals surface area contributed by atoms with Crippen LogP contribution >= 0.6 is 0 Å². The molecule has 0 amide bonds. The molecule has 2 N–H and O–H groups in total. The molecule has 0 saturated heterocycles. The third kappa shape index (κ3) is 2.56. The van der Waals surface area contributed by atoms with Crippen LogP contribution in [0.3, 0.4) is 0 Å². The number of aliphatic hydroxyl groups is 1. The Balaban J connectivity index is 2.75. The van der Waals surface area contributed by atoms with E-state index in [4.69, 9.17) is 0 Å². The highest BCUT2D eigenvalue weighted by Gasteiger charge is 2.13. The van der Waals surface area contributed by atoms with E-state index in [-0.39, 0.29) is 6.04 Å². The van der Waals surface area contributed by atoms with Crippen LogP contribution in [0, 0.1) is 0 Å². The Kier molecular flexibility index (Phi) is 4.11. The van der Waals surface area contributed by atoms with E-state index in [1.54, 1.807) is 0 Å². The smallest absolute Gasteiger partial charge is 0.0940 e. The average molecular weight is 193 g/mol. The molecule has 0 spiro atoms. The van der Waals surface area contributed by atoms with Gasteiger partial charge >= 0.3 is 0 Å². The molecule has 0 aliphatic carbocycles. The number of rotatable bonds is 4. The molecule has 14 heavy (non-hydrogen) atoms. The van der Waals surface area contributed by atoms with E-state index >= 15 is 0 Å². The van der Waals surface area contributed by atoms with Crippen molar-refractivity contribution < 1.29 is 5.11 Å². The standard InChI is InChI=1S/C12H19NO/c1-4-10-5-7-11(8-6-10)12(14)9(2)13-3/h5-9,12-14H,4H2,1-3H3. The van der Waals surface area contributed by atoms with Crippen molar-refractivity contribution in [1.29, 1.82) is 0 Å². The lowest BCUT2D eigenvalue weighted by atomic mass is 10.0. The predicted molar refractivity (Wildman–Crippen MR) is 59.3 cm³/mol. The van der Waals surface area contributed by atoms with E-state index in [2.05, 4.69) is 24.4 Å². The van der Waals surface area contributed by atoms with Crippen LogP contribution in [-0.2, 0) is 6.42 Å². The Labute approximate surface area is 86.0 Å². The molecule has 1 aromatic rings. The van der Waals surface area contributed by atoms with Crippen LogP contribution in [0.1, 0.15) is 31.1 Å². The third-order valence-electron chi connectivity index (χ3n) is 2.66. The van der Waals surface area contributed by atoms with Gasteiger partial charge in [0.15, 0.2) is 0 Å². The Morgan fingerprint density at radius 1 is 1.29 bits per heavy atom. The molecule has 0 saturated carbocycles. The molecular formula is C12H19NO. The van der Waals surface area contributed by atoms with E-state index in [1.807, 2.05) is 26.1 Å². The molecule has 0 bridgehead atoms. The summed E-state index contributed by atoms with van der Waals surface area (Å²) in [5.41, 5.74) is 2.28. The minimum absolute atomic E-state index is 0.0856. The zero-order valence-electron chi connectivity index (χ0n) is 9.12. The molecule has 0 fully saturated rings. The summed E-state index contributed by atoms with van der Waals surface area (Å²) in [7, 11) is 1.86. The van der Waals surface area contributed by atoms with E-state index in [0.717, 1.165) is 12.0 Å². The number of hydrogen-bond acceptors (Lipinski definition) is 2. The maximum atomic E-state index is 9.89. The fourth-order valence-electron chi connectivity index (χ4n) is 1.40. The van der Waals surface area contributed by atoms with Gasteiger partial charge < -0.3 is 10.4 Å². The number of aliphatic hydroxyl groups excluding tert-OH is 1. The fourth-order valence-corrected chi connectivity index (χ4v) is 1.40. The Hall–Kier alpha value is -0.860. The Morgan fingerprint density at radius 2 is 1.86 bits per heavy atom. The van der Waals surface area contributed by atoms with Crippen LogP contribution < -0.4 is 5.32 Å². The molecular weight excluding hydrogens is 174 g/mol. The van der Waals surface area contributed by atoms with Crippen molar-refractivity contribution in [2.24, 2.45) is 0 Å². The van der Waals surface area contributed by atoms with Gasteiger partial charge in [0.25, 0.3) is 0 Å². The monoisotopic (exact) mass is 193 g/mol. The van der Waals surface area contributed by atoms with Gasteiger partial charge in [-0.2, -0.15) is 0 Å². The van der Waals surface area contributed by atoms with Gasteiger partial charge in [0.1, 0.15) is 0 Å². The topological polar surface area (TPSA) is 32.3 Å². The van der Waals surface area contributed by atoms with Gasteiger partial charge in [-0.3, -0.25) is 0 Å². The van der Waals surface area contributed by atoms with Gasteiger partial charge in [-0.05, 0) is 31.5 Å². The minimum Gasteiger partial charge on any atom is -0.387 e. The van der Waals surface area contributed by atoms with Crippen molar-refractivity contribution in [3.8, 4) is 0 Å². The van der Waals surface area contributed by atoms with Crippen LogP contribution in [0.4, 0.5) is 0 Å². The lowest BCUT2D eigenvalue weighted by molar-refractivity contribution is 0.140. The van der Waals surface area contributed by atoms with Crippen LogP contribution in [0.15, 0.2) is 24.3 Å². The Bertz CT molecular complexity index is 268. The SMILES string of the molecule is CCc1ccc(C(O)C(C)NC)cc1. The van der Waals surface area contributed by atoms with Gasteiger partial charge in [-0.1, -0.05) is 31.2 Å². The highest BCUT2D eigenvalue weighted by molar-refractivity contribution is 5.24. The summed E-state index contributed by atoms with van der Waals surface area (Å²) < 4.78 is 0. The average Bonchev–Trinajstić information content (AvgIpc) is 2.27. The maximum Gasteiger partial charge on any atom is 0.0940 e. The molecule has 0 aliphatic rings. The molecule has 0 aromatic heterocycles. The lowest BCUT2D eigenvalue weighted by Gasteiger charge is -2.18. The molecule has 2 heteroatoms. The van der Waals surface area contributed by atoms with E-state index in [0.29, 0.717) is 0 Å². The highest BCUT2D eigenvalue weighted by Crippen LogP contribution is 2.17. The fraction of sp³-hybridized carbons (Fsp3) is 0.500. The van der Waals surface area contributed by atoms with Crippen molar-refractivity contribution in [1.82, 2.24) is 5.32 Å². The van der Waals surface area contributed by atoms with E-state index in [1.165, 1.54) is 5.56 Å². The summed E-state index contributed by atoms with van der Waals surface area (Å²) in [6, 6.07) is 8.22. The second-order valence-corrected chi connectivity index (χ2v) is 3.62. The number of nitrogens with one attached hydrogen (secondary N) is 1. The highest BCUT2D eigenvalue weighted by atomic mass is 16.3. The first-order chi connectivity index (χ1) is 6.69. The van der Waals surface area contributed by atoms with Crippen LogP contribution in [0.2, 0.25) is 0 Å². The van der Waals surface area contributed by atoms with Crippen molar-refractivity contribution in [2.45, 2.75) is 32.4 Å². The molecule has 2 unspecified atom stereocenters. The summed E-state index contributed by atoms with van der Waals surface area (Å²) in [4.78, 5) is 0. The summed E-state index contributed by atoms with van der Waals surface area (Å²) >= 11 is 0. The maximum absolute atomic E-state index is 9.89.